The molecule has 1 aromatic heterocycles. The Hall–Kier alpha value is -1.48. The Balaban J connectivity index is 1.81. The zero-order valence-electron chi connectivity index (χ0n) is 14.9. The normalized spacial score (nSPS) is 12.9. The van der Waals surface area contributed by atoms with Crippen molar-refractivity contribution in [1.82, 2.24) is 4.98 Å². The molecule has 0 aliphatic carbocycles. The maximum atomic E-state index is 5.97. The fourth-order valence-electron chi connectivity index (χ4n) is 3.01. The quantitative estimate of drug-likeness (QED) is 0.655. The summed E-state index contributed by atoms with van der Waals surface area (Å²) in [5.41, 5.74) is 8.10. The van der Waals surface area contributed by atoms with Gasteiger partial charge in [-0.3, -0.25) is 0 Å². The van der Waals surface area contributed by atoms with Crippen LogP contribution in [0.4, 0.5) is 0 Å². The number of aromatic nitrogens is 1. The highest BCUT2D eigenvalue weighted by Gasteiger charge is 2.06. The van der Waals surface area contributed by atoms with Crippen molar-refractivity contribution in [2.24, 2.45) is 17.6 Å². The molecule has 3 N–H and O–H groups in total. The van der Waals surface area contributed by atoms with Gasteiger partial charge in [-0.15, -0.1) is 0 Å². The number of hydrogen-bond acceptors (Lipinski definition) is 2. The first-order valence-electron chi connectivity index (χ1n) is 9.03. The molecule has 0 bridgehead atoms. The second kappa shape index (κ2) is 8.97. The van der Waals surface area contributed by atoms with Crippen LogP contribution in [0.25, 0.3) is 10.9 Å². The highest BCUT2D eigenvalue weighted by Crippen LogP contribution is 2.24. The van der Waals surface area contributed by atoms with Crippen LogP contribution < -0.4 is 10.5 Å². The second-order valence-electron chi connectivity index (χ2n) is 7.13. The van der Waals surface area contributed by atoms with Crippen molar-refractivity contribution < 1.29 is 4.74 Å². The molecule has 0 spiro atoms. The lowest BCUT2D eigenvalue weighted by molar-refractivity contribution is 0.276. The lowest BCUT2D eigenvalue weighted by atomic mass is 9.98. The van der Waals surface area contributed by atoms with Gasteiger partial charge >= 0.3 is 0 Å². The first kappa shape index (κ1) is 17.9. The summed E-state index contributed by atoms with van der Waals surface area (Å²) < 4.78 is 5.97. The maximum absolute atomic E-state index is 5.97. The van der Waals surface area contributed by atoms with E-state index in [9.17, 15) is 0 Å². The lowest BCUT2D eigenvalue weighted by Crippen LogP contribution is -2.05. The minimum absolute atomic E-state index is 0.673. The zero-order valence-corrected chi connectivity index (χ0v) is 14.9. The molecular weight excluding hydrogens is 284 g/mol. The van der Waals surface area contributed by atoms with Crippen LogP contribution in [0.2, 0.25) is 0 Å². The molecule has 0 radical (unpaired) electrons. The summed E-state index contributed by atoms with van der Waals surface area (Å²) in [5.74, 6) is 2.51. The van der Waals surface area contributed by atoms with Crippen molar-refractivity contribution in [3.63, 3.8) is 0 Å². The fraction of sp³-hybridized carbons (Fsp3) is 0.600. The summed E-state index contributed by atoms with van der Waals surface area (Å²) in [6.07, 6.45) is 8.04. The number of fused-ring (bicyclic) bond motifs is 1. The third-order valence-electron chi connectivity index (χ3n) is 4.51. The van der Waals surface area contributed by atoms with Crippen LogP contribution in [0.5, 0.6) is 5.75 Å². The molecule has 0 amide bonds. The topological polar surface area (TPSA) is 51.0 Å². The fourth-order valence-corrected chi connectivity index (χ4v) is 3.01. The van der Waals surface area contributed by atoms with E-state index in [0.717, 1.165) is 42.6 Å². The van der Waals surface area contributed by atoms with E-state index in [-0.39, 0.29) is 0 Å². The molecule has 1 atom stereocenters. The van der Waals surface area contributed by atoms with Crippen LogP contribution in [0.3, 0.4) is 0 Å². The van der Waals surface area contributed by atoms with E-state index >= 15 is 0 Å². The van der Waals surface area contributed by atoms with Crippen molar-refractivity contribution in [2.45, 2.75) is 52.9 Å². The predicted molar refractivity (Wildman–Crippen MR) is 99.0 cm³/mol. The molecule has 1 unspecified atom stereocenters. The van der Waals surface area contributed by atoms with Gasteiger partial charge in [0.2, 0.25) is 0 Å². The number of aromatic amines is 1. The van der Waals surface area contributed by atoms with Crippen molar-refractivity contribution >= 4 is 10.9 Å². The van der Waals surface area contributed by atoms with E-state index in [1.165, 1.54) is 30.2 Å². The average molecular weight is 316 g/mol. The molecule has 128 valence electrons. The Morgan fingerprint density at radius 2 is 1.96 bits per heavy atom. The van der Waals surface area contributed by atoms with Crippen molar-refractivity contribution in [3.8, 4) is 5.75 Å². The van der Waals surface area contributed by atoms with Gasteiger partial charge in [0.15, 0.2) is 0 Å². The molecule has 0 saturated carbocycles. The number of nitrogens with one attached hydrogen (secondary N) is 1. The summed E-state index contributed by atoms with van der Waals surface area (Å²) in [6.45, 7) is 8.39. The number of rotatable bonds is 10. The largest absolute Gasteiger partial charge is 0.494 e. The van der Waals surface area contributed by atoms with Crippen LogP contribution in [-0.4, -0.2) is 18.1 Å². The minimum atomic E-state index is 0.673. The van der Waals surface area contributed by atoms with Crippen LogP contribution in [0.15, 0.2) is 24.4 Å². The molecule has 0 aliphatic heterocycles. The van der Waals surface area contributed by atoms with Gasteiger partial charge in [0.25, 0.3) is 0 Å². The predicted octanol–water partition coefficient (Wildman–Crippen LogP) is 4.90. The van der Waals surface area contributed by atoms with Crippen molar-refractivity contribution in [1.29, 1.82) is 0 Å². The average Bonchev–Trinajstić information content (AvgIpc) is 2.90. The Morgan fingerprint density at radius 1 is 1.13 bits per heavy atom. The second-order valence-corrected chi connectivity index (χ2v) is 7.13. The molecule has 0 fully saturated rings. The molecule has 1 heterocycles. The van der Waals surface area contributed by atoms with E-state index in [4.69, 9.17) is 10.5 Å². The molecular formula is C20H32N2O. The van der Waals surface area contributed by atoms with Crippen molar-refractivity contribution in [2.75, 3.05) is 13.2 Å². The Kier molecular flexibility index (Phi) is 6.97. The lowest BCUT2D eigenvalue weighted by Gasteiger charge is -2.13. The van der Waals surface area contributed by atoms with Gasteiger partial charge in [0.05, 0.1) is 6.61 Å². The summed E-state index contributed by atoms with van der Waals surface area (Å²) in [7, 11) is 0. The smallest absolute Gasteiger partial charge is 0.120 e. The molecule has 23 heavy (non-hydrogen) atoms. The number of H-pyrrole nitrogens is 1. The first-order valence-corrected chi connectivity index (χ1v) is 9.03. The molecule has 3 nitrogen and oxygen atoms in total. The highest BCUT2D eigenvalue weighted by molar-refractivity contribution is 5.84. The van der Waals surface area contributed by atoms with E-state index in [1.54, 1.807) is 0 Å². The third-order valence-corrected chi connectivity index (χ3v) is 4.51. The number of nitrogens with two attached hydrogens (primary N) is 1. The summed E-state index contributed by atoms with van der Waals surface area (Å²) in [5, 5.41) is 1.23. The number of ether oxygens (including phenoxy) is 1. The number of benzene rings is 1. The molecule has 0 saturated heterocycles. The first-order chi connectivity index (χ1) is 11.1. The zero-order chi connectivity index (χ0) is 16.7. The van der Waals surface area contributed by atoms with Gasteiger partial charge in [-0.05, 0) is 55.0 Å². The van der Waals surface area contributed by atoms with Gasteiger partial charge in [0, 0.05) is 17.1 Å². The molecule has 0 aliphatic rings. The Morgan fingerprint density at radius 3 is 2.70 bits per heavy atom. The summed E-state index contributed by atoms with van der Waals surface area (Å²) in [4.78, 5) is 3.30. The van der Waals surface area contributed by atoms with Crippen LogP contribution >= 0.6 is 0 Å². The van der Waals surface area contributed by atoms with E-state index in [1.807, 2.05) is 0 Å². The summed E-state index contributed by atoms with van der Waals surface area (Å²) >= 11 is 0. The molecule has 2 aromatic rings. The van der Waals surface area contributed by atoms with Crippen LogP contribution in [-0.2, 0) is 6.42 Å². The van der Waals surface area contributed by atoms with E-state index < -0.39 is 0 Å². The third kappa shape index (κ3) is 5.58. The minimum Gasteiger partial charge on any atom is -0.494 e. The Labute approximate surface area is 140 Å². The Bertz CT molecular complexity index is 588. The van der Waals surface area contributed by atoms with Gasteiger partial charge in [-0.1, -0.05) is 40.0 Å². The maximum Gasteiger partial charge on any atom is 0.120 e. The molecule has 2 rings (SSSR count). The highest BCUT2D eigenvalue weighted by atomic mass is 16.5. The monoisotopic (exact) mass is 316 g/mol. The molecule has 3 heteroatoms. The van der Waals surface area contributed by atoms with Crippen LogP contribution in [0.1, 0.15) is 52.0 Å². The standard InChI is InChI=1S/C20H32N2O/c1-15(2)5-4-6-16(3)10-12-23-18-7-8-20-19(13-18)17(9-11-21)14-22-20/h7-8,13-16,22H,4-6,9-12,21H2,1-3H3. The van der Waals surface area contributed by atoms with Crippen molar-refractivity contribution in [3.05, 3.63) is 30.0 Å². The molecule has 1 aromatic carbocycles. The van der Waals surface area contributed by atoms with Gasteiger partial charge in [0.1, 0.15) is 5.75 Å². The van der Waals surface area contributed by atoms with Gasteiger partial charge in [-0.25, -0.2) is 0 Å². The van der Waals surface area contributed by atoms with Gasteiger partial charge < -0.3 is 15.5 Å². The van der Waals surface area contributed by atoms with Gasteiger partial charge in [-0.2, -0.15) is 0 Å². The summed E-state index contributed by atoms with van der Waals surface area (Å²) in [6, 6.07) is 6.28. The SMILES string of the molecule is CC(C)CCCC(C)CCOc1ccc2[nH]cc(CCN)c2c1. The number of hydrogen-bond donors (Lipinski definition) is 2. The van der Waals surface area contributed by atoms with E-state index in [2.05, 4.69) is 50.2 Å². The van der Waals surface area contributed by atoms with Crippen LogP contribution in [0, 0.1) is 11.8 Å². The van der Waals surface area contributed by atoms with E-state index in [0.29, 0.717) is 6.54 Å².